The standard InChI is InChI=1S/C30H35FN2O2/c1-21-15-16-22(2)25(17-21)19-28(34)33(20-24-13-9-10-14-26(24)31)27(29(35)32-30(3,4)5)18-23-11-7-6-8-12-23/h6-17,27H,18-20H2,1-5H3,(H,32,35)/t27-/m1/s1. The largest absolute Gasteiger partial charge is 0.350 e. The molecular formula is C30H35FN2O2. The highest BCUT2D eigenvalue weighted by atomic mass is 19.1. The van der Waals surface area contributed by atoms with Gasteiger partial charge in [-0.3, -0.25) is 9.59 Å². The quantitative estimate of drug-likeness (QED) is 0.466. The monoisotopic (exact) mass is 474 g/mol. The molecular weight excluding hydrogens is 439 g/mol. The fourth-order valence-corrected chi connectivity index (χ4v) is 4.07. The van der Waals surface area contributed by atoms with E-state index in [1.165, 1.54) is 11.0 Å². The van der Waals surface area contributed by atoms with Gasteiger partial charge in [-0.15, -0.1) is 0 Å². The van der Waals surface area contributed by atoms with E-state index in [9.17, 15) is 14.0 Å². The van der Waals surface area contributed by atoms with Crippen molar-refractivity contribution in [2.24, 2.45) is 0 Å². The highest BCUT2D eigenvalue weighted by molar-refractivity contribution is 5.89. The molecule has 3 aromatic rings. The van der Waals surface area contributed by atoms with Crippen LogP contribution in [0.25, 0.3) is 0 Å². The molecule has 0 aliphatic carbocycles. The molecule has 0 bridgehead atoms. The van der Waals surface area contributed by atoms with Crippen molar-refractivity contribution < 1.29 is 14.0 Å². The molecule has 4 nitrogen and oxygen atoms in total. The maximum Gasteiger partial charge on any atom is 0.243 e. The number of amides is 2. The zero-order valence-corrected chi connectivity index (χ0v) is 21.3. The van der Waals surface area contributed by atoms with Crippen molar-refractivity contribution in [2.75, 3.05) is 0 Å². The Labute approximate surface area is 208 Å². The summed E-state index contributed by atoms with van der Waals surface area (Å²) < 4.78 is 14.7. The van der Waals surface area contributed by atoms with Crippen molar-refractivity contribution >= 4 is 11.8 Å². The van der Waals surface area contributed by atoms with Crippen molar-refractivity contribution in [3.05, 3.63) is 106 Å². The number of halogens is 1. The van der Waals surface area contributed by atoms with Crippen LogP contribution in [-0.4, -0.2) is 28.3 Å². The van der Waals surface area contributed by atoms with Crippen LogP contribution in [0.4, 0.5) is 4.39 Å². The van der Waals surface area contributed by atoms with Crippen LogP contribution in [0.2, 0.25) is 0 Å². The fourth-order valence-electron chi connectivity index (χ4n) is 4.07. The van der Waals surface area contributed by atoms with Crippen LogP contribution in [-0.2, 0) is 29.0 Å². The molecule has 0 spiro atoms. The molecule has 2 amide bonds. The highest BCUT2D eigenvalue weighted by Gasteiger charge is 2.32. The van der Waals surface area contributed by atoms with E-state index in [1.54, 1.807) is 18.2 Å². The summed E-state index contributed by atoms with van der Waals surface area (Å²) in [4.78, 5) is 28.9. The Morgan fingerprint density at radius 1 is 0.914 bits per heavy atom. The van der Waals surface area contributed by atoms with Crippen molar-refractivity contribution in [1.29, 1.82) is 0 Å². The van der Waals surface area contributed by atoms with E-state index in [2.05, 4.69) is 5.32 Å². The third-order valence-corrected chi connectivity index (χ3v) is 5.91. The lowest BCUT2D eigenvalue weighted by Gasteiger charge is -2.34. The van der Waals surface area contributed by atoms with Gasteiger partial charge in [0.1, 0.15) is 11.9 Å². The third kappa shape index (κ3) is 7.51. The summed E-state index contributed by atoms with van der Waals surface area (Å²) in [5.41, 5.74) is 3.80. The number of nitrogens with one attached hydrogen (secondary N) is 1. The van der Waals surface area contributed by atoms with Gasteiger partial charge in [-0.25, -0.2) is 4.39 Å². The van der Waals surface area contributed by atoms with Gasteiger partial charge < -0.3 is 10.2 Å². The van der Waals surface area contributed by atoms with Crippen molar-refractivity contribution in [2.45, 2.75) is 65.6 Å². The van der Waals surface area contributed by atoms with E-state index in [4.69, 9.17) is 0 Å². The minimum absolute atomic E-state index is 0.00539. The van der Waals surface area contributed by atoms with Gasteiger partial charge in [0.2, 0.25) is 11.8 Å². The second-order valence-electron chi connectivity index (χ2n) is 10.2. The summed E-state index contributed by atoms with van der Waals surface area (Å²) in [6.07, 6.45) is 0.464. The van der Waals surface area contributed by atoms with Gasteiger partial charge in [-0.05, 0) is 57.4 Å². The number of benzene rings is 3. The van der Waals surface area contributed by atoms with E-state index in [0.29, 0.717) is 12.0 Å². The normalized spacial score (nSPS) is 12.2. The van der Waals surface area contributed by atoms with E-state index in [-0.39, 0.29) is 24.8 Å². The molecule has 3 rings (SSSR count). The van der Waals surface area contributed by atoms with E-state index >= 15 is 0 Å². The minimum atomic E-state index is -0.797. The number of hydrogen-bond acceptors (Lipinski definition) is 2. The first-order valence-electron chi connectivity index (χ1n) is 12.0. The Morgan fingerprint density at radius 3 is 2.23 bits per heavy atom. The van der Waals surface area contributed by atoms with Gasteiger partial charge in [-0.1, -0.05) is 72.3 Å². The van der Waals surface area contributed by atoms with Gasteiger partial charge >= 0.3 is 0 Å². The van der Waals surface area contributed by atoms with E-state index in [1.807, 2.05) is 83.1 Å². The average Bonchev–Trinajstić information content (AvgIpc) is 2.79. The maximum absolute atomic E-state index is 14.7. The molecule has 35 heavy (non-hydrogen) atoms. The molecule has 0 aliphatic rings. The molecule has 5 heteroatoms. The maximum atomic E-state index is 14.7. The first kappa shape index (κ1) is 26.1. The zero-order chi connectivity index (χ0) is 25.6. The Kier molecular flexibility index (Phi) is 8.44. The number of aryl methyl sites for hydroxylation is 2. The highest BCUT2D eigenvalue weighted by Crippen LogP contribution is 2.20. The SMILES string of the molecule is Cc1ccc(C)c(CC(=O)N(Cc2ccccc2F)[C@H](Cc2ccccc2)C(=O)NC(C)(C)C)c1. The van der Waals surface area contributed by atoms with Gasteiger partial charge in [-0.2, -0.15) is 0 Å². The van der Waals surface area contributed by atoms with Crippen LogP contribution in [0, 0.1) is 19.7 Å². The third-order valence-electron chi connectivity index (χ3n) is 5.91. The minimum Gasteiger partial charge on any atom is -0.350 e. The van der Waals surface area contributed by atoms with Crippen LogP contribution in [0.5, 0.6) is 0 Å². The molecule has 0 aliphatic heterocycles. The first-order chi connectivity index (χ1) is 16.5. The molecule has 184 valence electrons. The van der Waals surface area contributed by atoms with Gasteiger partial charge in [0.15, 0.2) is 0 Å². The fraction of sp³-hybridized carbons (Fsp3) is 0.333. The Hall–Kier alpha value is -3.47. The molecule has 0 fully saturated rings. The number of carbonyl (C=O) groups excluding carboxylic acids is 2. The van der Waals surface area contributed by atoms with Gasteiger partial charge in [0.25, 0.3) is 0 Å². The lowest BCUT2D eigenvalue weighted by molar-refractivity contribution is -0.141. The number of carbonyl (C=O) groups is 2. The van der Waals surface area contributed by atoms with E-state index < -0.39 is 17.4 Å². The Bertz CT molecular complexity index is 1170. The van der Waals surface area contributed by atoms with Crippen molar-refractivity contribution in [3.8, 4) is 0 Å². The van der Waals surface area contributed by atoms with Crippen molar-refractivity contribution in [1.82, 2.24) is 10.2 Å². The molecule has 0 radical (unpaired) electrons. The zero-order valence-electron chi connectivity index (χ0n) is 21.3. The van der Waals surface area contributed by atoms with Gasteiger partial charge in [0.05, 0.1) is 6.42 Å². The molecule has 1 N–H and O–H groups in total. The van der Waals surface area contributed by atoms with Crippen LogP contribution in [0.1, 0.15) is 48.6 Å². The van der Waals surface area contributed by atoms with Crippen LogP contribution in [0.15, 0.2) is 72.8 Å². The Morgan fingerprint density at radius 2 is 1.57 bits per heavy atom. The number of rotatable bonds is 8. The number of hydrogen-bond donors (Lipinski definition) is 1. The second-order valence-corrected chi connectivity index (χ2v) is 10.2. The molecule has 0 unspecified atom stereocenters. The predicted molar refractivity (Wildman–Crippen MR) is 138 cm³/mol. The Balaban J connectivity index is 2.03. The van der Waals surface area contributed by atoms with Crippen LogP contribution < -0.4 is 5.32 Å². The average molecular weight is 475 g/mol. The number of nitrogens with zero attached hydrogens (tertiary/aromatic N) is 1. The molecule has 1 atom stereocenters. The summed E-state index contributed by atoms with van der Waals surface area (Å²) in [6.45, 7) is 9.68. The molecule has 3 aromatic carbocycles. The van der Waals surface area contributed by atoms with Crippen LogP contribution >= 0.6 is 0 Å². The van der Waals surface area contributed by atoms with Crippen LogP contribution in [0.3, 0.4) is 0 Å². The summed E-state index contributed by atoms with van der Waals surface area (Å²) in [5, 5.41) is 3.03. The molecule has 0 aromatic heterocycles. The van der Waals surface area contributed by atoms with Gasteiger partial charge in [0, 0.05) is 24.1 Å². The van der Waals surface area contributed by atoms with Crippen molar-refractivity contribution in [3.63, 3.8) is 0 Å². The topological polar surface area (TPSA) is 49.4 Å². The first-order valence-corrected chi connectivity index (χ1v) is 12.0. The second kappa shape index (κ2) is 11.3. The predicted octanol–water partition coefficient (Wildman–Crippen LogP) is 5.54. The lowest BCUT2D eigenvalue weighted by atomic mass is 9.98. The lowest BCUT2D eigenvalue weighted by Crippen LogP contribution is -2.54. The summed E-state index contributed by atoms with van der Waals surface area (Å²) in [5.74, 6) is -0.870. The summed E-state index contributed by atoms with van der Waals surface area (Å²) >= 11 is 0. The molecule has 0 saturated heterocycles. The summed E-state index contributed by atoms with van der Waals surface area (Å²) in [7, 11) is 0. The molecule has 0 saturated carbocycles. The van der Waals surface area contributed by atoms with E-state index in [0.717, 1.165) is 22.3 Å². The smallest absolute Gasteiger partial charge is 0.243 e. The summed E-state index contributed by atoms with van der Waals surface area (Å²) in [6, 6.07) is 21.2. The molecule has 0 heterocycles.